The molecule has 0 saturated carbocycles. The third-order valence-electron chi connectivity index (χ3n) is 2.74. The molecule has 102 valence electrons. The van der Waals surface area contributed by atoms with Crippen molar-refractivity contribution in [1.29, 1.82) is 0 Å². The first-order valence-electron chi connectivity index (χ1n) is 5.50. The molecule has 1 rings (SSSR count). The van der Waals surface area contributed by atoms with Crippen molar-refractivity contribution in [2.75, 3.05) is 27.9 Å². The van der Waals surface area contributed by atoms with Crippen molar-refractivity contribution in [2.24, 2.45) is 11.5 Å². The van der Waals surface area contributed by atoms with Crippen molar-refractivity contribution in [1.82, 2.24) is 0 Å². The van der Waals surface area contributed by atoms with Crippen molar-refractivity contribution in [3.8, 4) is 17.2 Å². The van der Waals surface area contributed by atoms with E-state index < -0.39 is 12.1 Å². The van der Waals surface area contributed by atoms with Crippen LogP contribution in [0.2, 0.25) is 0 Å². The summed E-state index contributed by atoms with van der Waals surface area (Å²) in [6.07, 6.45) is 0. The first kappa shape index (κ1) is 14.6. The maximum atomic E-state index is 9.03. The van der Waals surface area contributed by atoms with Gasteiger partial charge in [0.15, 0.2) is 11.5 Å². The lowest BCUT2D eigenvalue weighted by Gasteiger charge is -2.21. The number of hydrogen-bond acceptors (Lipinski definition) is 6. The van der Waals surface area contributed by atoms with Crippen LogP contribution in [0.5, 0.6) is 17.2 Å². The van der Waals surface area contributed by atoms with E-state index in [1.54, 1.807) is 12.1 Å². The summed E-state index contributed by atoms with van der Waals surface area (Å²) in [5.74, 6) is 1.51. The van der Waals surface area contributed by atoms with Crippen LogP contribution in [0.15, 0.2) is 12.1 Å². The van der Waals surface area contributed by atoms with E-state index in [2.05, 4.69) is 0 Å². The summed E-state index contributed by atoms with van der Waals surface area (Å²) in [5, 5.41) is 9.03. The summed E-state index contributed by atoms with van der Waals surface area (Å²) in [7, 11) is 4.58. The Bertz CT molecular complexity index is 373. The molecule has 0 fully saturated rings. The molecule has 2 unspecified atom stereocenters. The van der Waals surface area contributed by atoms with Crippen molar-refractivity contribution < 1.29 is 19.3 Å². The van der Waals surface area contributed by atoms with Crippen LogP contribution in [0.1, 0.15) is 11.6 Å². The van der Waals surface area contributed by atoms with Gasteiger partial charge in [0.05, 0.1) is 27.9 Å². The maximum absolute atomic E-state index is 9.03. The standard InChI is InChI=1S/C12H20N2O4/c1-16-9-4-7(11(14)8(13)6-15)5-10(17-2)12(9)18-3/h4-5,8,11,15H,6,13-14H2,1-3H3. The molecule has 0 aromatic heterocycles. The summed E-state index contributed by atoms with van der Waals surface area (Å²) < 4.78 is 15.6. The first-order valence-corrected chi connectivity index (χ1v) is 5.50. The van der Waals surface area contributed by atoms with Crippen molar-refractivity contribution >= 4 is 0 Å². The molecule has 5 N–H and O–H groups in total. The van der Waals surface area contributed by atoms with Gasteiger partial charge in [0.25, 0.3) is 0 Å². The lowest BCUT2D eigenvalue weighted by Crippen LogP contribution is -2.37. The second-order valence-corrected chi connectivity index (χ2v) is 3.83. The summed E-state index contributed by atoms with van der Waals surface area (Å²) in [6, 6.07) is 2.39. The van der Waals surface area contributed by atoms with Crippen molar-refractivity contribution in [3.05, 3.63) is 17.7 Å². The van der Waals surface area contributed by atoms with E-state index in [0.717, 1.165) is 0 Å². The number of aliphatic hydroxyl groups excluding tert-OH is 1. The van der Waals surface area contributed by atoms with Gasteiger partial charge in [-0.25, -0.2) is 0 Å². The fraction of sp³-hybridized carbons (Fsp3) is 0.500. The minimum absolute atomic E-state index is 0.197. The Balaban J connectivity index is 3.22. The second-order valence-electron chi connectivity index (χ2n) is 3.83. The number of rotatable bonds is 6. The highest BCUT2D eigenvalue weighted by atomic mass is 16.5. The fourth-order valence-corrected chi connectivity index (χ4v) is 1.65. The van der Waals surface area contributed by atoms with Crippen molar-refractivity contribution in [3.63, 3.8) is 0 Å². The van der Waals surface area contributed by atoms with Crippen LogP contribution in [0.4, 0.5) is 0 Å². The van der Waals surface area contributed by atoms with Crippen LogP contribution >= 0.6 is 0 Å². The Morgan fingerprint density at radius 1 is 1.06 bits per heavy atom. The summed E-state index contributed by atoms with van der Waals surface area (Å²) >= 11 is 0. The summed E-state index contributed by atoms with van der Waals surface area (Å²) in [4.78, 5) is 0. The Kier molecular flexibility index (Phi) is 5.21. The molecule has 0 spiro atoms. The van der Waals surface area contributed by atoms with Crippen LogP contribution in [-0.4, -0.2) is 39.1 Å². The zero-order valence-corrected chi connectivity index (χ0v) is 10.8. The molecule has 1 aromatic carbocycles. The molecule has 18 heavy (non-hydrogen) atoms. The average Bonchev–Trinajstić information content (AvgIpc) is 2.43. The Morgan fingerprint density at radius 3 is 1.89 bits per heavy atom. The molecule has 0 radical (unpaired) electrons. The summed E-state index contributed by atoms with van der Waals surface area (Å²) in [6.45, 7) is -0.197. The third-order valence-corrected chi connectivity index (χ3v) is 2.74. The Morgan fingerprint density at radius 2 is 1.56 bits per heavy atom. The first-order chi connectivity index (χ1) is 8.58. The smallest absolute Gasteiger partial charge is 0.203 e. The van der Waals surface area contributed by atoms with Gasteiger partial charge in [0.2, 0.25) is 5.75 Å². The predicted molar refractivity (Wildman–Crippen MR) is 68.1 cm³/mol. The van der Waals surface area contributed by atoms with Crippen LogP contribution in [0.3, 0.4) is 0 Å². The molecule has 0 saturated heterocycles. The average molecular weight is 256 g/mol. The molecule has 0 aliphatic rings. The molecular weight excluding hydrogens is 236 g/mol. The molecule has 6 nitrogen and oxygen atoms in total. The molecule has 0 heterocycles. The van der Waals surface area contributed by atoms with Crippen molar-refractivity contribution in [2.45, 2.75) is 12.1 Å². The number of aliphatic hydroxyl groups is 1. The highest BCUT2D eigenvalue weighted by Crippen LogP contribution is 2.39. The monoisotopic (exact) mass is 256 g/mol. The maximum Gasteiger partial charge on any atom is 0.203 e. The van der Waals surface area contributed by atoms with Gasteiger partial charge < -0.3 is 30.8 Å². The van der Waals surface area contributed by atoms with E-state index in [0.29, 0.717) is 22.8 Å². The van der Waals surface area contributed by atoms with Gasteiger partial charge in [-0.05, 0) is 17.7 Å². The highest BCUT2D eigenvalue weighted by molar-refractivity contribution is 5.54. The van der Waals surface area contributed by atoms with E-state index in [-0.39, 0.29) is 6.61 Å². The Hall–Kier alpha value is -1.50. The van der Waals surface area contributed by atoms with E-state index in [9.17, 15) is 0 Å². The molecule has 0 aliphatic carbocycles. The van der Waals surface area contributed by atoms with E-state index >= 15 is 0 Å². The molecule has 0 bridgehead atoms. The number of ether oxygens (including phenoxy) is 3. The van der Waals surface area contributed by atoms with Crippen LogP contribution < -0.4 is 25.7 Å². The number of benzene rings is 1. The zero-order chi connectivity index (χ0) is 13.7. The van der Waals surface area contributed by atoms with E-state index in [4.69, 9.17) is 30.8 Å². The van der Waals surface area contributed by atoms with Crippen LogP contribution in [0.25, 0.3) is 0 Å². The second kappa shape index (κ2) is 6.44. The molecule has 0 amide bonds. The van der Waals surface area contributed by atoms with Gasteiger partial charge in [0, 0.05) is 12.1 Å². The third kappa shape index (κ3) is 2.84. The normalized spacial score (nSPS) is 13.9. The lowest BCUT2D eigenvalue weighted by atomic mass is 10.0. The van der Waals surface area contributed by atoms with Gasteiger partial charge in [-0.2, -0.15) is 0 Å². The van der Waals surface area contributed by atoms with Gasteiger partial charge in [-0.1, -0.05) is 0 Å². The SMILES string of the molecule is COc1cc(C(N)C(N)CO)cc(OC)c1OC. The largest absolute Gasteiger partial charge is 0.493 e. The van der Waals surface area contributed by atoms with Gasteiger partial charge in [-0.15, -0.1) is 0 Å². The van der Waals surface area contributed by atoms with Crippen LogP contribution in [-0.2, 0) is 0 Å². The molecule has 1 aromatic rings. The van der Waals surface area contributed by atoms with E-state index in [1.165, 1.54) is 21.3 Å². The number of hydrogen-bond donors (Lipinski definition) is 3. The molecular formula is C12H20N2O4. The molecule has 2 atom stereocenters. The lowest BCUT2D eigenvalue weighted by molar-refractivity contribution is 0.249. The van der Waals surface area contributed by atoms with Crippen LogP contribution in [0, 0.1) is 0 Å². The van der Waals surface area contributed by atoms with Gasteiger partial charge >= 0.3 is 0 Å². The summed E-state index contributed by atoms with van der Waals surface area (Å²) in [5.41, 5.74) is 12.4. The number of nitrogens with two attached hydrogens (primary N) is 2. The zero-order valence-electron chi connectivity index (χ0n) is 10.8. The molecule has 0 aliphatic heterocycles. The Labute approximate surface area is 106 Å². The highest BCUT2D eigenvalue weighted by Gasteiger charge is 2.20. The topological polar surface area (TPSA) is 100.0 Å². The van der Waals surface area contributed by atoms with Gasteiger partial charge in [0.1, 0.15) is 0 Å². The predicted octanol–water partition coefficient (Wildman–Crippen LogP) is 0.0318. The number of methoxy groups -OCH3 is 3. The quantitative estimate of drug-likeness (QED) is 0.664. The minimum atomic E-state index is -0.548. The minimum Gasteiger partial charge on any atom is -0.493 e. The molecule has 6 heteroatoms. The van der Waals surface area contributed by atoms with Gasteiger partial charge in [-0.3, -0.25) is 0 Å². The fourth-order valence-electron chi connectivity index (χ4n) is 1.65. The van der Waals surface area contributed by atoms with E-state index in [1.807, 2.05) is 0 Å².